The topological polar surface area (TPSA) is 148 Å². The van der Waals surface area contributed by atoms with Gasteiger partial charge in [0.2, 0.25) is 0 Å². The van der Waals surface area contributed by atoms with Crippen LogP contribution in [0.1, 0.15) is 47.4 Å². The molecule has 1 aromatic carbocycles. The average Bonchev–Trinajstić information content (AvgIpc) is 3.49. The van der Waals surface area contributed by atoms with Crippen LogP contribution < -0.4 is 10.6 Å². The molecule has 3 aliphatic heterocycles. The van der Waals surface area contributed by atoms with Gasteiger partial charge in [-0.2, -0.15) is 0 Å². The van der Waals surface area contributed by atoms with Gasteiger partial charge in [-0.05, 0) is 38.8 Å². The highest BCUT2D eigenvalue weighted by Gasteiger charge is 2.37. The molecule has 0 spiro atoms. The second-order valence-electron chi connectivity index (χ2n) is 11.3. The molecule has 5 rings (SSSR count). The predicted octanol–water partition coefficient (Wildman–Crippen LogP) is 3.54. The first kappa shape index (κ1) is 31.1. The number of amides is 2. The van der Waals surface area contributed by atoms with E-state index in [2.05, 4.69) is 31.5 Å². The first-order valence-electron chi connectivity index (χ1n) is 14.5. The summed E-state index contributed by atoms with van der Waals surface area (Å²) in [6.07, 6.45) is 3.59. The first-order valence-corrected chi connectivity index (χ1v) is 15.2. The van der Waals surface area contributed by atoms with E-state index in [1.54, 1.807) is 35.2 Å². The summed E-state index contributed by atoms with van der Waals surface area (Å²) in [5.74, 6) is -0.561. The number of likely N-dealkylation sites (tertiary alicyclic amines) is 1. The summed E-state index contributed by atoms with van der Waals surface area (Å²) < 4.78 is 18.1. The maximum Gasteiger partial charge on any atom is 0.294 e. The number of nitrogens with zero attached hydrogens (tertiary/aromatic N) is 4. The number of benzene rings is 1. The molecule has 3 saturated heterocycles. The fourth-order valence-electron chi connectivity index (χ4n) is 5.97. The molecule has 0 radical (unpaired) electrons. The summed E-state index contributed by atoms with van der Waals surface area (Å²) in [6.45, 7) is 6.20. The number of nitro benzene ring substituents is 1. The van der Waals surface area contributed by atoms with E-state index in [1.165, 1.54) is 12.3 Å². The van der Waals surface area contributed by atoms with Gasteiger partial charge in [0, 0.05) is 68.8 Å². The molecule has 2 amide bonds. The summed E-state index contributed by atoms with van der Waals surface area (Å²) >= 11 is 3.36. The number of piperidine rings is 1. The standard InChI is InChI=1S/C29H37BrN6O7/c1-17-12-34(13-18(2)42-17)29(38)25-7-20(30)8-26(36(39)40)27(25)33-22-9-24(43-23-4-5-41-16-23)15-35(14-22)28(37)19-6-21(31-3)11-32-10-19/h6-8,10-11,17-18,22-24,31,33H,4-5,9,12-16H2,1-3H3/t17-,18+,22-,23?,24-/m1/s1. The summed E-state index contributed by atoms with van der Waals surface area (Å²) in [5, 5.41) is 18.6. The van der Waals surface area contributed by atoms with E-state index in [9.17, 15) is 19.7 Å². The van der Waals surface area contributed by atoms with Crippen molar-refractivity contribution in [2.45, 2.75) is 57.1 Å². The molecule has 3 fully saturated rings. The fourth-order valence-corrected chi connectivity index (χ4v) is 6.41. The Morgan fingerprint density at radius 2 is 1.81 bits per heavy atom. The van der Waals surface area contributed by atoms with Crippen LogP contribution in [0.4, 0.5) is 17.1 Å². The Hall–Kier alpha value is -3.33. The van der Waals surface area contributed by atoms with Crippen LogP contribution in [0.25, 0.3) is 0 Å². The van der Waals surface area contributed by atoms with Crippen LogP contribution in [0.2, 0.25) is 0 Å². The molecule has 4 heterocycles. The van der Waals surface area contributed by atoms with E-state index < -0.39 is 11.0 Å². The van der Waals surface area contributed by atoms with Gasteiger partial charge in [0.1, 0.15) is 5.69 Å². The highest BCUT2D eigenvalue weighted by atomic mass is 79.9. The van der Waals surface area contributed by atoms with Crippen molar-refractivity contribution in [2.24, 2.45) is 0 Å². The number of rotatable bonds is 8. The molecule has 43 heavy (non-hydrogen) atoms. The minimum Gasteiger partial charge on any atom is -0.387 e. The Morgan fingerprint density at radius 1 is 1.07 bits per heavy atom. The van der Waals surface area contributed by atoms with Crippen molar-refractivity contribution in [3.8, 4) is 0 Å². The molecule has 0 saturated carbocycles. The molecule has 2 N–H and O–H groups in total. The van der Waals surface area contributed by atoms with Crippen molar-refractivity contribution < 1.29 is 28.7 Å². The molecule has 2 aromatic rings. The first-order chi connectivity index (χ1) is 20.6. The maximum atomic E-state index is 13.9. The van der Waals surface area contributed by atoms with Gasteiger partial charge < -0.3 is 34.6 Å². The molecule has 232 valence electrons. The predicted molar refractivity (Wildman–Crippen MR) is 163 cm³/mol. The molecule has 13 nitrogen and oxygen atoms in total. The van der Waals surface area contributed by atoms with Crippen molar-refractivity contribution in [2.75, 3.05) is 57.1 Å². The lowest BCUT2D eigenvalue weighted by atomic mass is 9.99. The maximum absolute atomic E-state index is 13.9. The second-order valence-corrected chi connectivity index (χ2v) is 12.2. The number of nitro groups is 1. The number of nitrogens with one attached hydrogen (secondary N) is 2. The Balaban J connectivity index is 1.46. The molecule has 1 unspecified atom stereocenters. The van der Waals surface area contributed by atoms with Crippen molar-refractivity contribution in [1.82, 2.24) is 14.8 Å². The van der Waals surface area contributed by atoms with Crippen LogP contribution in [0, 0.1) is 10.1 Å². The van der Waals surface area contributed by atoms with Gasteiger partial charge >= 0.3 is 0 Å². The third kappa shape index (κ3) is 7.43. The normalized spacial score (nSPS) is 25.8. The Kier molecular flexibility index (Phi) is 9.79. The lowest BCUT2D eigenvalue weighted by Gasteiger charge is -2.39. The molecule has 1 aromatic heterocycles. The van der Waals surface area contributed by atoms with Gasteiger partial charge in [0.15, 0.2) is 0 Å². The SMILES string of the molecule is CNc1cncc(C(=O)N2C[C@H](Nc3c(C(=O)N4C[C@@H](C)O[C@@H](C)C4)cc(Br)cc3[N+](=O)[O-])C[C@@H](OC3CCOC3)C2)c1. The molecule has 14 heteroatoms. The smallest absolute Gasteiger partial charge is 0.294 e. The number of hydrogen-bond acceptors (Lipinski definition) is 10. The third-order valence-corrected chi connectivity index (χ3v) is 8.27. The molecule has 0 bridgehead atoms. The second kappa shape index (κ2) is 13.5. The summed E-state index contributed by atoms with van der Waals surface area (Å²) in [7, 11) is 1.75. The Labute approximate surface area is 258 Å². The lowest BCUT2D eigenvalue weighted by Crippen LogP contribution is -2.52. The van der Waals surface area contributed by atoms with Crippen LogP contribution in [0.15, 0.2) is 35.1 Å². The van der Waals surface area contributed by atoms with Gasteiger partial charge in [-0.1, -0.05) is 15.9 Å². The van der Waals surface area contributed by atoms with E-state index in [0.717, 1.165) is 6.42 Å². The van der Waals surface area contributed by atoms with Crippen molar-refractivity contribution in [3.63, 3.8) is 0 Å². The summed E-state index contributed by atoms with van der Waals surface area (Å²) in [5.41, 5.74) is 1.18. The number of carbonyl (C=O) groups is 2. The Bertz CT molecular complexity index is 1350. The fraction of sp³-hybridized carbons (Fsp3) is 0.552. The van der Waals surface area contributed by atoms with Gasteiger partial charge in [-0.15, -0.1) is 0 Å². The van der Waals surface area contributed by atoms with Gasteiger partial charge in [-0.3, -0.25) is 24.7 Å². The van der Waals surface area contributed by atoms with Crippen LogP contribution in [-0.4, -0.2) is 108 Å². The number of anilines is 2. The lowest BCUT2D eigenvalue weighted by molar-refractivity contribution is -0.384. The third-order valence-electron chi connectivity index (χ3n) is 7.81. The molecular formula is C29H37BrN6O7. The minimum absolute atomic E-state index is 0.0977. The van der Waals surface area contributed by atoms with E-state index in [0.29, 0.717) is 55.0 Å². The van der Waals surface area contributed by atoms with E-state index >= 15 is 0 Å². The highest BCUT2D eigenvalue weighted by molar-refractivity contribution is 9.10. The monoisotopic (exact) mass is 660 g/mol. The zero-order valence-corrected chi connectivity index (χ0v) is 26.0. The van der Waals surface area contributed by atoms with E-state index in [4.69, 9.17) is 14.2 Å². The number of morpholine rings is 1. The number of halogens is 1. The van der Waals surface area contributed by atoms with E-state index in [1.807, 2.05) is 13.8 Å². The number of hydrogen-bond donors (Lipinski definition) is 2. The van der Waals surface area contributed by atoms with Gasteiger partial charge in [-0.25, -0.2) is 0 Å². The average molecular weight is 662 g/mol. The van der Waals surface area contributed by atoms with Crippen LogP contribution in [0.3, 0.4) is 0 Å². The van der Waals surface area contributed by atoms with E-state index in [-0.39, 0.29) is 59.7 Å². The van der Waals surface area contributed by atoms with Crippen LogP contribution in [0.5, 0.6) is 0 Å². The molecule has 0 aliphatic carbocycles. The van der Waals surface area contributed by atoms with Crippen molar-refractivity contribution in [3.05, 3.63) is 56.3 Å². The van der Waals surface area contributed by atoms with Crippen LogP contribution in [-0.2, 0) is 14.2 Å². The van der Waals surface area contributed by atoms with Gasteiger partial charge in [0.05, 0.1) is 52.8 Å². The number of carbonyl (C=O) groups excluding carboxylic acids is 2. The summed E-state index contributed by atoms with van der Waals surface area (Å²) in [6, 6.07) is 4.27. The molecule has 5 atom stereocenters. The zero-order chi connectivity index (χ0) is 30.7. The van der Waals surface area contributed by atoms with Crippen molar-refractivity contribution >= 4 is 44.8 Å². The number of ether oxygens (including phenoxy) is 3. The van der Waals surface area contributed by atoms with Crippen LogP contribution >= 0.6 is 15.9 Å². The molecular weight excluding hydrogens is 624 g/mol. The highest BCUT2D eigenvalue weighted by Crippen LogP contribution is 2.36. The van der Waals surface area contributed by atoms with Crippen molar-refractivity contribution in [1.29, 1.82) is 0 Å². The minimum atomic E-state index is -0.501. The zero-order valence-electron chi connectivity index (χ0n) is 24.5. The Morgan fingerprint density at radius 3 is 2.49 bits per heavy atom. The molecule has 3 aliphatic rings. The number of aromatic nitrogens is 1. The number of pyridine rings is 1. The van der Waals surface area contributed by atoms with Gasteiger partial charge in [0.25, 0.3) is 17.5 Å². The quantitative estimate of drug-likeness (QED) is 0.318. The summed E-state index contributed by atoms with van der Waals surface area (Å²) in [4.78, 5) is 46.8. The largest absolute Gasteiger partial charge is 0.387 e.